The molecule has 0 saturated heterocycles. The molecule has 0 unspecified atom stereocenters. The molecule has 10 nitrogen and oxygen atoms in total. The van der Waals surface area contributed by atoms with Crippen molar-refractivity contribution in [1.82, 2.24) is 10.4 Å². The molecule has 0 atom stereocenters. The number of nitrogens with zero attached hydrogens (tertiary/aromatic N) is 1. The van der Waals surface area contributed by atoms with Gasteiger partial charge in [-0.05, 0) is 30.7 Å². The molecular weight excluding hydrogens is 502 g/mol. The maximum absolute atomic E-state index is 12.5. The zero-order chi connectivity index (χ0) is 28.1. The van der Waals surface area contributed by atoms with Gasteiger partial charge in [-0.25, -0.2) is 24.2 Å². The molecule has 0 heterocycles. The van der Waals surface area contributed by atoms with Crippen LogP contribution in [-0.2, 0) is 19.4 Å². The van der Waals surface area contributed by atoms with Gasteiger partial charge in [0.15, 0.2) is 0 Å². The van der Waals surface area contributed by atoms with E-state index in [0.717, 1.165) is 19.3 Å². The van der Waals surface area contributed by atoms with Crippen molar-refractivity contribution in [3.63, 3.8) is 0 Å². The van der Waals surface area contributed by atoms with Crippen molar-refractivity contribution in [2.45, 2.75) is 71.1 Å². The van der Waals surface area contributed by atoms with Crippen molar-refractivity contribution in [2.75, 3.05) is 18.4 Å². The molecule has 39 heavy (non-hydrogen) atoms. The van der Waals surface area contributed by atoms with E-state index in [1.807, 2.05) is 0 Å². The van der Waals surface area contributed by atoms with Crippen LogP contribution >= 0.6 is 0 Å². The number of benzene rings is 2. The SMILES string of the molecule is CCCCCCCCCCCC(=O)NCCN(OC(=O)Nc1ccccc1)C(=O)OOC(=O)c1ccccc1. The number of rotatable bonds is 15. The van der Waals surface area contributed by atoms with Gasteiger partial charge in [0.2, 0.25) is 5.91 Å². The molecule has 2 rings (SSSR count). The second kappa shape index (κ2) is 19.1. The van der Waals surface area contributed by atoms with Crippen LogP contribution < -0.4 is 10.6 Å². The Labute approximate surface area is 229 Å². The molecule has 0 spiro atoms. The van der Waals surface area contributed by atoms with Gasteiger partial charge in [-0.15, -0.1) is 5.06 Å². The monoisotopic (exact) mass is 541 g/mol. The van der Waals surface area contributed by atoms with Crippen molar-refractivity contribution in [1.29, 1.82) is 0 Å². The van der Waals surface area contributed by atoms with Crippen LogP contribution in [0.1, 0.15) is 81.5 Å². The van der Waals surface area contributed by atoms with E-state index >= 15 is 0 Å². The lowest BCUT2D eigenvalue weighted by molar-refractivity contribution is -0.214. The van der Waals surface area contributed by atoms with Crippen molar-refractivity contribution >= 4 is 29.8 Å². The first kappa shape index (κ1) is 31.1. The highest BCUT2D eigenvalue weighted by molar-refractivity contribution is 5.89. The Morgan fingerprint density at radius 2 is 1.33 bits per heavy atom. The number of carbonyl (C=O) groups is 4. The van der Waals surface area contributed by atoms with Crippen LogP contribution in [0.2, 0.25) is 0 Å². The highest BCUT2D eigenvalue weighted by Crippen LogP contribution is 2.11. The van der Waals surface area contributed by atoms with E-state index in [-0.39, 0.29) is 24.6 Å². The number of nitrogens with one attached hydrogen (secondary N) is 2. The van der Waals surface area contributed by atoms with Gasteiger partial charge in [0.05, 0.1) is 12.1 Å². The number of hydrogen-bond donors (Lipinski definition) is 2. The second-order valence-electron chi connectivity index (χ2n) is 8.99. The predicted molar refractivity (Wildman–Crippen MR) is 146 cm³/mol. The molecule has 0 saturated carbocycles. The van der Waals surface area contributed by atoms with Crippen molar-refractivity contribution < 1.29 is 33.8 Å². The number of unbranched alkanes of at least 4 members (excludes halogenated alkanes) is 8. The maximum atomic E-state index is 12.5. The summed E-state index contributed by atoms with van der Waals surface area (Å²) < 4.78 is 0. The lowest BCUT2D eigenvalue weighted by Crippen LogP contribution is -2.41. The Balaban J connectivity index is 1.76. The third-order valence-electron chi connectivity index (χ3n) is 5.76. The van der Waals surface area contributed by atoms with Gasteiger partial charge >= 0.3 is 18.2 Å². The quantitative estimate of drug-likeness (QED) is 0.152. The summed E-state index contributed by atoms with van der Waals surface area (Å²) in [5.74, 6) is -1.07. The molecule has 0 fully saturated rings. The van der Waals surface area contributed by atoms with Gasteiger partial charge in [-0.2, -0.15) is 0 Å². The maximum Gasteiger partial charge on any atom is 0.485 e. The average Bonchev–Trinajstić information content (AvgIpc) is 2.95. The normalized spacial score (nSPS) is 10.3. The molecule has 0 bridgehead atoms. The van der Waals surface area contributed by atoms with Gasteiger partial charge in [0.1, 0.15) is 0 Å². The van der Waals surface area contributed by atoms with Crippen LogP contribution in [0.4, 0.5) is 15.3 Å². The topological polar surface area (TPSA) is 123 Å². The summed E-state index contributed by atoms with van der Waals surface area (Å²) in [5.41, 5.74) is 0.615. The van der Waals surface area contributed by atoms with Gasteiger partial charge in [0, 0.05) is 18.7 Å². The highest BCUT2D eigenvalue weighted by atomic mass is 17.2. The summed E-state index contributed by atoms with van der Waals surface area (Å²) in [7, 11) is 0. The molecule has 0 radical (unpaired) electrons. The highest BCUT2D eigenvalue weighted by Gasteiger charge is 2.23. The summed E-state index contributed by atoms with van der Waals surface area (Å²) >= 11 is 0. The van der Waals surface area contributed by atoms with Crippen LogP contribution in [-0.4, -0.2) is 42.2 Å². The van der Waals surface area contributed by atoms with Crippen LogP contribution in [0.25, 0.3) is 0 Å². The molecule has 0 aromatic heterocycles. The van der Waals surface area contributed by atoms with Crippen LogP contribution in [0, 0.1) is 0 Å². The van der Waals surface area contributed by atoms with Crippen molar-refractivity contribution in [2.24, 2.45) is 0 Å². The first-order chi connectivity index (χ1) is 19.0. The van der Waals surface area contributed by atoms with E-state index in [1.54, 1.807) is 48.5 Å². The molecule has 10 heteroatoms. The Kier molecular flexibility index (Phi) is 15.2. The smallest absolute Gasteiger partial charge is 0.354 e. The standard InChI is InChI=1S/C29H39N3O7/c1-2-3-4-5-6-7-8-9-16-21-26(33)30-22-23-32(37-28(35)31-25-19-14-11-15-20-25)29(36)39-38-27(34)24-17-12-10-13-18-24/h10-15,17-20H,2-9,16,21-23H2,1H3,(H,30,33)(H,31,35). The molecular formula is C29H39N3O7. The van der Waals surface area contributed by atoms with E-state index in [0.29, 0.717) is 17.2 Å². The Bertz CT molecular complexity index is 1000. The van der Waals surface area contributed by atoms with Crippen LogP contribution in [0.3, 0.4) is 0 Å². The summed E-state index contributed by atoms with van der Waals surface area (Å²) in [4.78, 5) is 63.3. The fourth-order valence-electron chi connectivity index (χ4n) is 3.66. The lowest BCUT2D eigenvalue weighted by Gasteiger charge is -2.19. The van der Waals surface area contributed by atoms with E-state index in [4.69, 9.17) is 4.84 Å². The van der Waals surface area contributed by atoms with E-state index < -0.39 is 18.2 Å². The number of anilines is 1. The number of carbonyl (C=O) groups excluding carboxylic acids is 4. The van der Waals surface area contributed by atoms with E-state index in [1.165, 1.54) is 50.7 Å². The van der Waals surface area contributed by atoms with Gasteiger partial charge < -0.3 is 10.2 Å². The predicted octanol–water partition coefficient (Wildman–Crippen LogP) is 6.40. The summed E-state index contributed by atoms with van der Waals surface area (Å²) in [6.45, 7) is 1.97. The minimum atomic E-state index is -1.24. The Morgan fingerprint density at radius 1 is 0.744 bits per heavy atom. The first-order valence-electron chi connectivity index (χ1n) is 13.6. The van der Waals surface area contributed by atoms with Crippen molar-refractivity contribution in [3.8, 4) is 0 Å². The molecule has 2 aromatic carbocycles. The van der Waals surface area contributed by atoms with Crippen LogP contribution in [0.5, 0.6) is 0 Å². The fourth-order valence-corrected chi connectivity index (χ4v) is 3.66. The third kappa shape index (κ3) is 13.9. The molecule has 0 aliphatic rings. The van der Waals surface area contributed by atoms with Gasteiger partial charge in [-0.3, -0.25) is 10.1 Å². The minimum Gasteiger partial charge on any atom is -0.354 e. The molecule has 2 aromatic rings. The summed E-state index contributed by atoms with van der Waals surface area (Å²) in [6, 6.07) is 16.4. The number of para-hydroxylation sites is 1. The van der Waals surface area contributed by atoms with Gasteiger partial charge in [-0.1, -0.05) is 94.7 Å². The third-order valence-corrected chi connectivity index (χ3v) is 5.76. The van der Waals surface area contributed by atoms with Crippen molar-refractivity contribution in [3.05, 3.63) is 66.2 Å². The van der Waals surface area contributed by atoms with E-state index in [2.05, 4.69) is 27.3 Å². The molecule has 2 N–H and O–H groups in total. The van der Waals surface area contributed by atoms with Crippen LogP contribution in [0.15, 0.2) is 60.7 Å². The summed E-state index contributed by atoms with van der Waals surface area (Å²) in [6.07, 6.45) is 8.52. The fraction of sp³-hybridized carbons (Fsp3) is 0.448. The van der Waals surface area contributed by atoms with E-state index in [9.17, 15) is 19.2 Å². The van der Waals surface area contributed by atoms with Gasteiger partial charge in [0.25, 0.3) is 0 Å². The molecule has 3 amide bonds. The first-order valence-corrected chi connectivity index (χ1v) is 13.6. The number of amides is 3. The largest absolute Gasteiger partial charge is 0.485 e. The second-order valence-corrected chi connectivity index (χ2v) is 8.99. The molecule has 0 aliphatic carbocycles. The average molecular weight is 542 g/mol. The molecule has 212 valence electrons. The summed E-state index contributed by atoms with van der Waals surface area (Å²) in [5, 5.41) is 5.73. The minimum absolute atomic E-state index is 0.00336. The zero-order valence-corrected chi connectivity index (χ0v) is 22.6. The molecule has 0 aliphatic heterocycles. The lowest BCUT2D eigenvalue weighted by atomic mass is 10.1. The zero-order valence-electron chi connectivity index (χ0n) is 22.6. The number of hydroxylamine groups is 2. The Morgan fingerprint density at radius 3 is 1.97 bits per heavy atom. The Hall–Kier alpha value is -4.08. The number of hydrogen-bond acceptors (Lipinski definition) is 7.